The van der Waals surface area contributed by atoms with E-state index in [-0.39, 0.29) is 18.0 Å². The molecule has 0 bridgehead atoms. The fourth-order valence-corrected chi connectivity index (χ4v) is 3.35. The zero-order valence-corrected chi connectivity index (χ0v) is 15.7. The molecule has 1 aliphatic rings. The molecular weight excluding hydrogens is 378 g/mol. The topological polar surface area (TPSA) is 69.0 Å². The molecule has 150 valence electrons. The lowest BCUT2D eigenvalue weighted by Gasteiger charge is -2.11. The van der Waals surface area contributed by atoms with Gasteiger partial charge >= 0.3 is 0 Å². The molecule has 1 amide bonds. The quantitative estimate of drug-likeness (QED) is 0.706. The van der Waals surface area contributed by atoms with Gasteiger partial charge in [-0.15, -0.1) is 10.2 Å². The molecule has 0 atom stereocenters. The highest BCUT2D eigenvalue weighted by molar-refractivity contribution is 5.92. The summed E-state index contributed by atoms with van der Waals surface area (Å²) in [4.78, 5) is 12.2. The molecule has 0 spiro atoms. The SMILES string of the molecule is O=C(COc1cccc(F)c1)Nc1cc(-c2nnc3n2CCCCC3)ccc1F. The third kappa shape index (κ3) is 4.42. The largest absolute Gasteiger partial charge is 0.484 e. The number of nitrogens with zero attached hydrogens (tertiary/aromatic N) is 3. The Balaban J connectivity index is 1.49. The highest BCUT2D eigenvalue weighted by Crippen LogP contribution is 2.26. The van der Waals surface area contributed by atoms with Crippen LogP contribution in [0.1, 0.15) is 25.1 Å². The molecule has 1 aromatic heterocycles. The zero-order valence-electron chi connectivity index (χ0n) is 15.7. The smallest absolute Gasteiger partial charge is 0.262 e. The second-order valence-electron chi connectivity index (χ2n) is 6.89. The number of amides is 1. The van der Waals surface area contributed by atoms with Gasteiger partial charge in [0.15, 0.2) is 12.4 Å². The molecule has 0 unspecified atom stereocenters. The van der Waals surface area contributed by atoms with Crippen molar-refractivity contribution in [1.82, 2.24) is 14.8 Å². The molecule has 2 aromatic carbocycles. The Morgan fingerprint density at radius 3 is 2.86 bits per heavy atom. The van der Waals surface area contributed by atoms with E-state index in [1.54, 1.807) is 6.07 Å². The van der Waals surface area contributed by atoms with Crippen molar-refractivity contribution in [1.29, 1.82) is 0 Å². The highest BCUT2D eigenvalue weighted by atomic mass is 19.1. The van der Waals surface area contributed by atoms with Gasteiger partial charge in [-0.05, 0) is 43.2 Å². The lowest BCUT2D eigenvalue weighted by molar-refractivity contribution is -0.118. The third-order valence-corrected chi connectivity index (χ3v) is 4.77. The Morgan fingerprint density at radius 1 is 1.10 bits per heavy atom. The number of halogens is 2. The Bertz CT molecular complexity index is 1040. The predicted molar refractivity (Wildman–Crippen MR) is 103 cm³/mol. The number of hydrogen-bond donors (Lipinski definition) is 1. The van der Waals surface area contributed by atoms with Crippen molar-refractivity contribution in [3.8, 4) is 17.1 Å². The van der Waals surface area contributed by atoms with Gasteiger partial charge in [-0.2, -0.15) is 0 Å². The standard InChI is InChI=1S/C21H20F2N4O2/c22-15-5-4-6-16(12-15)29-13-20(28)24-18-11-14(8-9-17(18)23)21-26-25-19-7-2-1-3-10-27(19)21/h4-6,8-9,11-12H,1-3,7,10,13H2,(H,24,28). The van der Waals surface area contributed by atoms with Gasteiger partial charge in [0.05, 0.1) is 5.69 Å². The maximum atomic E-state index is 14.2. The maximum Gasteiger partial charge on any atom is 0.262 e. The van der Waals surface area contributed by atoms with Gasteiger partial charge in [0.1, 0.15) is 23.2 Å². The molecule has 1 aliphatic heterocycles. The number of carbonyl (C=O) groups excluding carboxylic acids is 1. The van der Waals surface area contributed by atoms with Crippen LogP contribution in [0.3, 0.4) is 0 Å². The van der Waals surface area contributed by atoms with Gasteiger partial charge in [0.2, 0.25) is 0 Å². The maximum absolute atomic E-state index is 14.2. The van der Waals surface area contributed by atoms with Crippen molar-refractivity contribution in [3.63, 3.8) is 0 Å². The summed E-state index contributed by atoms with van der Waals surface area (Å²) in [5, 5.41) is 11.0. The Hall–Kier alpha value is -3.29. The van der Waals surface area contributed by atoms with Crippen molar-refractivity contribution < 1.29 is 18.3 Å². The first-order valence-corrected chi connectivity index (χ1v) is 9.50. The van der Waals surface area contributed by atoms with E-state index >= 15 is 0 Å². The second kappa shape index (κ2) is 8.38. The molecule has 0 saturated heterocycles. The van der Waals surface area contributed by atoms with Crippen LogP contribution in [-0.2, 0) is 17.8 Å². The van der Waals surface area contributed by atoms with E-state index in [0.29, 0.717) is 11.4 Å². The minimum Gasteiger partial charge on any atom is -0.484 e. The van der Waals surface area contributed by atoms with Crippen LogP contribution < -0.4 is 10.1 Å². The van der Waals surface area contributed by atoms with Crippen molar-refractivity contribution in [2.24, 2.45) is 0 Å². The van der Waals surface area contributed by atoms with Crippen LogP contribution in [-0.4, -0.2) is 27.3 Å². The summed E-state index contributed by atoms with van der Waals surface area (Å²) in [6.45, 7) is 0.450. The van der Waals surface area contributed by atoms with Gasteiger partial charge in [0, 0.05) is 24.6 Å². The Kier molecular flexibility index (Phi) is 5.50. The normalized spacial score (nSPS) is 13.4. The third-order valence-electron chi connectivity index (χ3n) is 4.77. The van der Waals surface area contributed by atoms with Crippen LogP contribution >= 0.6 is 0 Å². The fourth-order valence-electron chi connectivity index (χ4n) is 3.35. The molecule has 0 fully saturated rings. The number of aromatic nitrogens is 3. The minimum absolute atomic E-state index is 0.0290. The van der Waals surface area contributed by atoms with Crippen LogP contribution in [0.4, 0.5) is 14.5 Å². The zero-order chi connectivity index (χ0) is 20.2. The van der Waals surface area contributed by atoms with Crippen molar-refractivity contribution in [3.05, 3.63) is 59.9 Å². The lowest BCUT2D eigenvalue weighted by atomic mass is 10.1. The van der Waals surface area contributed by atoms with E-state index in [9.17, 15) is 13.6 Å². The van der Waals surface area contributed by atoms with E-state index in [1.165, 1.54) is 36.4 Å². The van der Waals surface area contributed by atoms with E-state index < -0.39 is 17.5 Å². The van der Waals surface area contributed by atoms with Crippen molar-refractivity contribution in [2.45, 2.75) is 32.2 Å². The molecule has 1 N–H and O–H groups in total. The molecule has 2 heterocycles. The van der Waals surface area contributed by atoms with E-state index in [0.717, 1.165) is 38.1 Å². The van der Waals surface area contributed by atoms with E-state index in [1.807, 2.05) is 0 Å². The van der Waals surface area contributed by atoms with Crippen LogP contribution in [0, 0.1) is 11.6 Å². The summed E-state index contributed by atoms with van der Waals surface area (Å²) in [6, 6.07) is 9.91. The van der Waals surface area contributed by atoms with Crippen LogP contribution in [0.25, 0.3) is 11.4 Å². The fraction of sp³-hybridized carbons (Fsp3) is 0.286. The van der Waals surface area contributed by atoms with Crippen molar-refractivity contribution in [2.75, 3.05) is 11.9 Å². The summed E-state index contributed by atoms with van der Waals surface area (Å²) >= 11 is 0. The number of fused-ring (bicyclic) bond motifs is 1. The molecule has 0 radical (unpaired) electrons. The van der Waals surface area contributed by atoms with Crippen LogP contribution in [0.2, 0.25) is 0 Å². The molecule has 0 saturated carbocycles. The Morgan fingerprint density at radius 2 is 2.00 bits per heavy atom. The first kappa shape index (κ1) is 19.0. The molecule has 3 aromatic rings. The number of aryl methyl sites for hydroxylation is 1. The summed E-state index contributed by atoms with van der Waals surface area (Å²) in [5.74, 6) is 0.229. The average Bonchev–Trinajstić information content (AvgIpc) is 2.96. The van der Waals surface area contributed by atoms with Gasteiger partial charge < -0.3 is 14.6 Å². The summed E-state index contributed by atoms with van der Waals surface area (Å²) in [6.07, 6.45) is 4.13. The minimum atomic E-state index is -0.566. The molecule has 0 aliphatic carbocycles. The Labute approximate surface area is 166 Å². The van der Waals surface area contributed by atoms with Gasteiger partial charge in [0.25, 0.3) is 5.91 Å². The molecule has 6 nitrogen and oxygen atoms in total. The van der Waals surface area contributed by atoms with E-state index in [2.05, 4.69) is 20.1 Å². The van der Waals surface area contributed by atoms with Crippen LogP contribution in [0.15, 0.2) is 42.5 Å². The van der Waals surface area contributed by atoms with Gasteiger partial charge in [-0.1, -0.05) is 12.5 Å². The predicted octanol–water partition coefficient (Wildman–Crippen LogP) is 3.97. The first-order chi connectivity index (χ1) is 14.1. The summed E-state index contributed by atoms with van der Waals surface area (Å²) in [5.41, 5.74) is 0.703. The van der Waals surface area contributed by atoms with Gasteiger partial charge in [-0.3, -0.25) is 4.79 Å². The number of rotatable bonds is 5. The molecule has 8 heteroatoms. The number of anilines is 1. The number of carbonyl (C=O) groups is 1. The van der Waals surface area contributed by atoms with Crippen LogP contribution in [0.5, 0.6) is 5.75 Å². The molecular formula is C21H20F2N4O2. The number of ether oxygens (including phenoxy) is 1. The van der Waals surface area contributed by atoms with E-state index in [4.69, 9.17) is 4.74 Å². The van der Waals surface area contributed by atoms with Gasteiger partial charge in [-0.25, -0.2) is 8.78 Å². The highest BCUT2D eigenvalue weighted by Gasteiger charge is 2.18. The summed E-state index contributed by atoms with van der Waals surface area (Å²) in [7, 11) is 0. The number of hydrogen-bond acceptors (Lipinski definition) is 4. The number of benzene rings is 2. The lowest BCUT2D eigenvalue weighted by Crippen LogP contribution is -2.21. The monoisotopic (exact) mass is 398 g/mol. The van der Waals surface area contributed by atoms with Crippen molar-refractivity contribution >= 4 is 11.6 Å². The summed E-state index contributed by atoms with van der Waals surface area (Å²) < 4.78 is 34.7. The molecule has 29 heavy (non-hydrogen) atoms. The second-order valence-corrected chi connectivity index (χ2v) is 6.89. The number of nitrogens with one attached hydrogen (secondary N) is 1. The average molecular weight is 398 g/mol. The first-order valence-electron chi connectivity index (χ1n) is 9.50. The molecule has 4 rings (SSSR count).